The average molecular weight is 573 g/mol. The summed E-state index contributed by atoms with van der Waals surface area (Å²) in [5, 5.41) is 11.1. The van der Waals surface area contributed by atoms with Gasteiger partial charge >= 0.3 is 12.1 Å². The second-order valence-corrected chi connectivity index (χ2v) is 10.6. The maximum atomic E-state index is 14.0. The largest absolute Gasteiger partial charge is 0.480 e. The normalized spacial score (nSPS) is 17.6. The van der Waals surface area contributed by atoms with Crippen molar-refractivity contribution in [3.63, 3.8) is 0 Å². The first-order valence-corrected chi connectivity index (χ1v) is 13.0. The van der Waals surface area contributed by atoms with E-state index >= 15 is 0 Å². The van der Waals surface area contributed by atoms with E-state index in [-0.39, 0.29) is 34.7 Å². The van der Waals surface area contributed by atoms with Crippen molar-refractivity contribution in [1.29, 1.82) is 0 Å². The van der Waals surface area contributed by atoms with Gasteiger partial charge in [0.15, 0.2) is 5.13 Å². The molecule has 38 heavy (non-hydrogen) atoms. The molecule has 0 aliphatic carbocycles. The highest BCUT2D eigenvalue weighted by Gasteiger charge is 2.45. The fourth-order valence-corrected chi connectivity index (χ4v) is 6.10. The van der Waals surface area contributed by atoms with Crippen molar-refractivity contribution in [2.24, 2.45) is 0 Å². The van der Waals surface area contributed by atoms with Crippen molar-refractivity contribution in [2.75, 3.05) is 35.6 Å². The Hall–Kier alpha value is -3.50. The van der Waals surface area contributed by atoms with Crippen molar-refractivity contribution in [3.8, 4) is 0 Å². The van der Waals surface area contributed by atoms with Crippen molar-refractivity contribution in [1.82, 2.24) is 14.9 Å². The second-order valence-electron chi connectivity index (χ2n) is 8.75. The van der Waals surface area contributed by atoms with Crippen LogP contribution in [-0.2, 0) is 33.5 Å². The number of anilines is 3. The minimum Gasteiger partial charge on any atom is -0.480 e. The number of halogens is 3. The Labute approximate surface area is 221 Å². The fraction of sp³-hybridized carbons (Fsp3) is 0.364. The number of hydrogen-bond donors (Lipinski definition) is 3. The molecule has 204 valence electrons. The third-order valence-electron chi connectivity index (χ3n) is 6.14. The first-order chi connectivity index (χ1) is 17.8. The van der Waals surface area contributed by atoms with Gasteiger partial charge in [-0.3, -0.25) is 9.35 Å². The number of carboxylic acids is 1. The van der Waals surface area contributed by atoms with Crippen LogP contribution in [0.5, 0.6) is 0 Å². The Morgan fingerprint density at radius 3 is 2.63 bits per heavy atom. The van der Waals surface area contributed by atoms with Crippen LogP contribution in [0.3, 0.4) is 0 Å². The van der Waals surface area contributed by atoms with Crippen LogP contribution in [0.1, 0.15) is 17.5 Å². The predicted octanol–water partition coefficient (Wildman–Crippen LogP) is 2.60. The molecule has 1 aliphatic heterocycles. The van der Waals surface area contributed by atoms with E-state index in [0.29, 0.717) is 10.5 Å². The molecule has 1 saturated heterocycles. The Bertz CT molecular complexity index is 1420. The van der Waals surface area contributed by atoms with Crippen molar-refractivity contribution >= 4 is 61.2 Å². The lowest BCUT2D eigenvalue weighted by Gasteiger charge is -2.28. The molecule has 4 N–H and O–H groups in total. The van der Waals surface area contributed by atoms with E-state index in [9.17, 15) is 36.6 Å². The molecule has 11 nitrogen and oxygen atoms in total. The molecular formula is C22H23F3N6O5S2. The molecule has 4 rings (SSSR count). The number of benzene rings is 1. The van der Waals surface area contributed by atoms with Gasteiger partial charge in [-0.05, 0) is 29.5 Å². The van der Waals surface area contributed by atoms with Crippen molar-refractivity contribution in [2.45, 2.75) is 31.1 Å². The van der Waals surface area contributed by atoms with Gasteiger partial charge in [-0.25, -0.2) is 23.3 Å². The van der Waals surface area contributed by atoms with Crippen LogP contribution in [0.25, 0.3) is 10.8 Å². The van der Waals surface area contributed by atoms with Crippen LogP contribution in [-0.4, -0.2) is 73.3 Å². The van der Waals surface area contributed by atoms with Gasteiger partial charge < -0.3 is 20.6 Å². The molecule has 0 spiro atoms. The molecule has 3 atom stereocenters. The Balaban J connectivity index is 1.68. The molecule has 0 bridgehead atoms. The van der Waals surface area contributed by atoms with Crippen molar-refractivity contribution in [3.05, 3.63) is 41.7 Å². The number of nitrogens with zero attached hydrogens (tertiary/aromatic N) is 5. The summed E-state index contributed by atoms with van der Waals surface area (Å²) in [6, 6.07) is 0.608. The number of alkyl halides is 3. The van der Waals surface area contributed by atoms with Crippen LogP contribution in [0.2, 0.25) is 0 Å². The number of fused-ring (bicyclic) bond motifs is 1. The number of carbonyl (C=O) groups is 2. The van der Waals surface area contributed by atoms with Gasteiger partial charge in [-0.1, -0.05) is 17.4 Å². The number of aliphatic carboxylic acids is 1. The van der Waals surface area contributed by atoms with E-state index in [1.54, 1.807) is 19.0 Å². The lowest BCUT2D eigenvalue weighted by atomic mass is 9.95. The van der Waals surface area contributed by atoms with E-state index in [0.717, 1.165) is 26.6 Å². The summed E-state index contributed by atoms with van der Waals surface area (Å²) < 4.78 is 64.9. The average Bonchev–Trinajstić information content (AvgIpc) is 3.44. The number of carbonyl (C=O) groups excluding carboxylic acids is 1. The number of aromatic nitrogens is 2. The summed E-state index contributed by atoms with van der Waals surface area (Å²) in [4.78, 5) is 36.1. The summed E-state index contributed by atoms with van der Waals surface area (Å²) >= 11 is -1.60. The zero-order chi connectivity index (χ0) is 27.9. The van der Waals surface area contributed by atoms with E-state index in [2.05, 4.69) is 9.97 Å². The lowest BCUT2D eigenvalue weighted by Crippen LogP contribution is -2.48. The predicted molar refractivity (Wildman–Crippen MR) is 136 cm³/mol. The molecule has 0 saturated carbocycles. The van der Waals surface area contributed by atoms with Crippen LogP contribution >= 0.6 is 11.3 Å². The molecule has 1 fully saturated rings. The minimum atomic E-state index is -4.83. The fourth-order valence-electron chi connectivity index (χ4n) is 4.38. The molecule has 1 amide bonds. The highest BCUT2D eigenvalue weighted by Crippen LogP contribution is 2.38. The maximum Gasteiger partial charge on any atom is 0.416 e. The Morgan fingerprint density at radius 1 is 1.34 bits per heavy atom. The third-order valence-corrected chi connectivity index (χ3v) is 8.21. The number of amides is 1. The first-order valence-electron chi connectivity index (χ1n) is 11.1. The zero-order valence-electron chi connectivity index (χ0n) is 20.0. The van der Waals surface area contributed by atoms with Gasteiger partial charge in [0.1, 0.15) is 22.9 Å². The first kappa shape index (κ1) is 27.5. The van der Waals surface area contributed by atoms with Crippen molar-refractivity contribution < 1.29 is 36.6 Å². The van der Waals surface area contributed by atoms with Gasteiger partial charge in [0.2, 0.25) is 5.91 Å². The number of nitrogen functional groups attached to an aromatic ring is 1. The minimum absolute atomic E-state index is 0.0177. The van der Waals surface area contributed by atoms with Gasteiger partial charge in [-0.2, -0.15) is 13.2 Å². The van der Waals surface area contributed by atoms with E-state index in [1.165, 1.54) is 24.5 Å². The number of hydrogen-bond acceptors (Lipinski definition) is 8. The van der Waals surface area contributed by atoms with E-state index in [4.69, 9.17) is 5.73 Å². The highest BCUT2D eigenvalue weighted by molar-refractivity contribution is 7.81. The Kier molecular flexibility index (Phi) is 7.49. The molecule has 0 radical (unpaired) electrons. The SMILES string of the molecule is CN(C)c1ncc(N([C@H]2CCN([C@H](Cc3cc4ccnc(N)c4cc3C(F)(F)F)C(=O)O)C2=O)S(=O)O)s1. The summed E-state index contributed by atoms with van der Waals surface area (Å²) in [5.74, 6) is -2.40. The van der Waals surface area contributed by atoms with Gasteiger partial charge in [0.25, 0.3) is 11.3 Å². The summed E-state index contributed by atoms with van der Waals surface area (Å²) in [6.45, 7) is -0.140. The highest BCUT2D eigenvalue weighted by atomic mass is 32.2. The summed E-state index contributed by atoms with van der Waals surface area (Å²) in [6.07, 6.45) is -2.84. The monoisotopic (exact) mass is 572 g/mol. The molecule has 3 heterocycles. The van der Waals surface area contributed by atoms with Crippen LogP contribution in [0, 0.1) is 0 Å². The molecule has 1 aliphatic rings. The van der Waals surface area contributed by atoms with Crippen LogP contribution in [0.4, 0.5) is 29.1 Å². The number of carboxylic acid groups (broad SMARTS) is 1. The zero-order valence-corrected chi connectivity index (χ0v) is 21.7. The van der Waals surface area contributed by atoms with E-state index in [1.807, 2.05) is 0 Å². The maximum absolute atomic E-state index is 14.0. The lowest BCUT2D eigenvalue weighted by molar-refractivity contribution is -0.149. The second kappa shape index (κ2) is 10.3. The third kappa shape index (κ3) is 5.23. The Morgan fingerprint density at radius 2 is 2.05 bits per heavy atom. The number of rotatable bonds is 8. The van der Waals surface area contributed by atoms with Gasteiger partial charge in [0.05, 0.1) is 11.8 Å². The van der Waals surface area contributed by atoms with Crippen LogP contribution in [0.15, 0.2) is 30.6 Å². The van der Waals surface area contributed by atoms with E-state index < -0.39 is 53.4 Å². The molecule has 2 aromatic heterocycles. The smallest absolute Gasteiger partial charge is 0.416 e. The summed E-state index contributed by atoms with van der Waals surface area (Å²) in [7, 11) is 3.44. The van der Waals surface area contributed by atoms with Gasteiger partial charge in [-0.15, -0.1) is 0 Å². The summed E-state index contributed by atoms with van der Waals surface area (Å²) in [5.41, 5.74) is 4.32. The molecule has 3 aromatic rings. The van der Waals surface area contributed by atoms with Crippen LogP contribution < -0.4 is 14.9 Å². The van der Waals surface area contributed by atoms with Gasteiger partial charge in [0, 0.05) is 38.6 Å². The topological polar surface area (TPSA) is 153 Å². The number of pyridine rings is 1. The molecular weight excluding hydrogens is 549 g/mol. The number of thiazole rings is 1. The standard InChI is InChI=1S/C22H23F3N6O5S2/c1-29(2)21-28-10-17(37-21)31(38(35)36)15-4-6-30(19(15)32)16(20(33)34)8-12-7-11-3-5-27-18(26)13(11)9-14(12)22(23,24)25/h3,5,7,9-10,15-16H,4,6,8H2,1-2H3,(H2,26,27)(H,33,34)(H,35,36)/t15-,16+/m0/s1. The molecule has 1 unspecified atom stereocenters. The molecule has 1 aromatic carbocycles. The number of likely N-dealkylation sites (tertiary alicyclic amines) is 1. The quantitative estimate of drug-likeness (QED) is 0.346. The number of nitrogens with two attached hydrogens (primary N) is 1. The molecule has 16 heteroatoms.